The number of nitrogens with zero attached hydrogens (tertiary/aromatic N) is 1. The number of guanidine groups is 1. The van der Waals surface area contributed by atoms with E-state index in [4.69, 9.17) is 4.99 Å². The molecule has 0 bridgehead atoms. The van der Waals surface area contributed by atoms with Crippen molar-refractivity contribution in [3.63, 3.8) is 0 Å². The van der Waals surface area contributed by atoms with Crippen molar-refractivity contribution in [1.82, 2.24) is 10.6 Å². The van der Waals surface area contributed by atoms with Gasteiger partial charge in [-0.25, -0.2) is 0 Å². The molecule has 0 atom stereocenters. The first-order valence-corrected chi connectivity index (χ1v) is 10.4. The van der Waals surface area contributed by atoms with Crippen LogP contribution in [0, 0.1) is 0 Å². The Balaban J connectivity index is 0.00000243. The lowest BCUT2D eigenvalue weighted by molar-refractivity contribution is 0.120. The number of benzene rings is 1. The molecule has 0 radical (unpaired) electrons. The van der Waals surface area contributed by atoms with Gasteiger partial charge >= 0.3 is 0 Å². The van der Waals surface area contributed by atoms with E-state index in [2.05, 4.69) is 57.8 Å². The molecule has 0 amide bonds. The maximum Gasteiger partial charge on any atom is 0.191 e. The van der Waals surface area contributed by atoms with Gasteiger partial charge in [0.05, 0.1) is 12.6 Å². The predicted molar refractivity (Wildman–Crippen MR) is 122 cm³/mol. The highest BCUT2D eigenvalue weighted by molar-refractivity contribution is 14.0. The SMILES string of the molecule is CCNC(=NCC1(c2ccc(Br)cc2)CCC1)NC1CCC(O)CC1.I. The molecule has 3 N–H and O–H groups in total. The minimum absolute atomic E-state index is 0. The summed E-state index contributed by atoms with van der Waals surface area (Å²) in [6.07, 6.45) is 7.41. The molecule has 2 fully saturated rings. The van der Waals surface area contributed by atoms with E-state index < -0.39 is 0 Å². The summed E-state index contributed by atoms with van der Waals surface area (Å²) < 4.78 is 1.13. The van der Waals surface area contributed by atoms with Crippen LogP contribution in [0.5, 0.6) is 0 Å². The fraction of sp³-hybridized carbons (Fsp3) is 0.650. The third-order valence-corrected chi connectivity index (χ3v) is 6.22. The maximum atomic E-state index is 9.68. The molecule has 6 heteroatoms. The van der Waals surface area contributed by atoms with Crippen LogP contribution in [0.1, 0.15) is 57.4 Å². The summed E-state index contributed by atoms with van der Waals surface area (Å²) in [6.45, 7) is 3.81. The normalized spacial score (nSPS) is 25.0. The van der Waals surface area contributed by atoms with E-state index in [0.717, 1.165) is 49.2 Å². The topological polar surface area (TPSA) is 56.7 Å². The van der Waals surface area contributed by atoms with Crippen LogP contribution in [0.2, 0.25) is 0 Å². The molecular weight excluding hydrogens is 505 g/mol. The number of aliphatic hydroxyl groups excluding tert-OH is 1. The monoisotopic (exact) mass is 535 g/mol. The summed E-state index contributed by atoms with van der Waals surface area (Å²) in [5.74, 6) is 0.923. The molecule has 0 aliphatic heterocycles. The van der Waals surface area contributed by atoms with E-state index in [1.54, 1.807) is 0 Å². The molecule has 2 saturated carbocycles. The second-order valence-electron chi connectivity index (χ2n) is 7.49. The van der Waals surface area contributed by atoms with Gasteiger partial charge in [-0.1, -0.05) is 34.5 Å². The number of rotatable bonds is 5. The number of nitrogens with one attached hydrogen (secondary N) is 2. The molecule has 1 aromatic carbocycles. The van der Waals surface area contributed by atoms with Gasteiger partial charge in [0.25, 0.3) is 0 Å². The average molecular weight is 536 g/mol. The average Bonchev–Trinajstić information content (AvgIpc) is 2.57. The summed E-state index contributed by atoms with van der Waals surface area (Å²) in [6, 6.07) is 9.17. The summed E-state index contributed by atoms with van der Waals surface area (Å²) in [7, 11) is 0. The Labute approximate surface area is 182 Å². The van der Waals surface area contributed by atoms with Crippen molar-refractivity contribution in [1.29, 1.82) is 0 Å². The second kappa shape index (κ2) is 10.3. The van der Waals surface area contributed by atoms with Gasteiger partial charge in [-0.3, -0.25) is 4.99 Å². The minimum Gasteiger partial charge on any atom is -0.393 e. The first-order chi connectivity index (χ1) is 12.1. The third-order valence-electron chi connectivity index (χ3n) is 5.69. The summed E-state index contributed by atoms with van der Waals surface area (Å²) in [5, 5.41) is 16.7. The number of halogens is 2. The predicted octanol–water partition coefficient (Wildman–Crippen LogP) is 4.35. The molecule has 0 unspecified atom stereocenters. The van der Waals surface area contributed by atoms with E-state index >= 15 is 0 Å². The van der Waals surface area contributed by atoms with Crippen LogP contribution < -0.4 is 10.6 Å². The molecule has 146 valence electrons. The number of hydrogen-bond donors (Lipinski definition) is 3. The van der Waals surface area contributed by atoms with Gasteiger partial charge in [-0.15, -0.1) is 24.0 Å². The van der Waals surface area contributed by atoms with Gasteiger partial charge in [0.2, 0.25) is 0 Å². The quantitative estimate of drug-likeness (QED) is 0.298. The van der Waals surface area contributed by atoms with Crippen molar-refractivity contribution in [2.45, 2.75) is 69.4 Å². The molecule has 3 rings (SSSR count). The van der Waals surface area contributed by atoms with E-state index in [1.807, 2.05) is 0 Å². The van der Waals surface area contributed by atoms with Crippen molar-refractivity contribution in [2.24, 2.45) is 4.99 Å². The van der Waals surface area contributed by atoms with Crippen molar-refractivity contribution < 1.29 is 5.11 Å². The molecule has 26 heavy (non-hydrogen) atoms. The first kappa shape index (κ1) is 22.0. The van der Waals surface area contributed by atoms with Gasteiger partial charge in [0, 0.05) is 22.5 Å². The smallest absolute Gasteiger partial charge is 0.191 e. The summed E-state index contributed by atoms with van der Waals surface area (Å²) in [5.41, 5.74) is 1.61. The Hall–Kier alpha value is -0.340. The van der Waals surface area contributed by atoms with Crippen LogP contribution in [0.15, 0.2) is 33.7 Å². The molecular formula is C20H31BrIN3O. The zero-order valence-electron chi connectivity index (χ0n) is 15.5. The highest BCUT2D eigenvalue weighted by Gasteiger charge is 2.38. The lowest BCUT2D eigenvalue weighted by atomic mass is 9.64. The van der Waals surface area contributed by atoms with Gasteiger partial charge < -0.3 is 15.7 Å². The van der Waals surface area contributed by atoms with Gasteiger partial charge in [-0.05, 0) is 63.1 Å². The van der Waals surface area contributed by atoms with Crippen molar-refractivity contribution >= 4 is 45.9 Å². The molecule has 0 saturated heterocycles. The Bertz CT molecular complexity index is 581. The zero-order valence-corrected chi connectivity index (χ0v) is 19.4. The minimum atomic E-state index is -0.117. The second-order valence-corrected chi connectivity index (χ2v) is 8.40. The lowest BCUT2D eigenvalue weighted by Crippen LogP contribution is -2.46. The Kier molecular flexibility index (Phi) is 8.67. The van der Waals surface area contributed by atoms with Crippen LogP contribution >= 0.6 is 39.9 Å². The van der Waals surface area contributed by atoms with Crippen LogP contribution in [0.25, 0.3) is 0 Å². The molecule has 0 spiro atoms. The van der Waals surface area contributed by atoms with Gasteiger partial charge in [-0.2, -0.15) is 0 Å². The third kappa shape index (κ3) is 5.58. The number of hydrogen-bond acceptors (Lipinski definition) is 2. The molecule has 0 heterocycles. The fourth-order valence-electron chi connectivity index (χ4n) is 3.91. The molecule has 2 aliphatic rings. The van der Waals surface area contributed by atoms with Gasteiger partial charge in [0.1, 0.15) is 0 Å². The number of aliphatic hydroxyl groups is 1. The highest BCUT2D eigenvalue weighted by atomic mass is 127. The Morgan fingerprint density at radius 1 is 1.19 bits per heavy atom. The maximum absolute atomic E-state index is 9.68. The zero-order chi connectivity index (χ0) is 17.7. The number of aliphatic imine (C=N–C) groups is 1. The molecule has 2 aliphatic carbocycles. The highest BCUT2D eigenvalue weighted by Crippen LogP contribution is 2.44. The Morgan fingerprint density at radius 2 is 1.85 bits per heavy atom. The van der Waals surface area contributed by atoms with Crippen LogP contribution in [0.3, 0.4) is 0 Å². The summed E-state index contributed by atoms with van der Waals surface area (Å²) in [4.78, 5) is 4.94. The van der Waals surface area contributed by atoms with Crippen LogP contribution in [0.4, 0.5) is 0 Å². The van der Waals surface area contributed by atoms with Crippen LogP contribution in [-0.2, 0) is 5.41 Å². The molecule has 1 aromatic rings. The standard InChI is InChI=1S/C20H30BrN3O.HI/c1-2-22-19(24-17-8-10-18(25)11-9-17)23-14-20(12-3-13-20)15-4-6-16(21)7-5-15;/h4-7,17-18,25H,2-3,8-14H2,1H3,(H2,22,23,24);1H. The fourth-order valence-corrected chi connectivity index (χ4v) is 4.17. The largest absolute Gasteiger partial charge is 0.393 e. The van der Waals surface area contributed by atoms with E-state index in [0.29, 0.717) is 6.04 Å². The Morgan fingerprint density at radius 3 is 2.38 bits per heavy atom. The molecule has 0 aromatic heterocycles. The van der Waals surface area contributed by atoms with E-state index in [-0.39, 0.29) is 35.5 Å². The van der Waals surface area contributed by atoms with Crippen molar-refractivity contribution in [3.8, 4) is 0 Å². The summed E-state index contributed by atoms with van der Waals surface area (Å²) >= 11 is 3.53. The first-order valence-electron chi connectivity index (χ1n) is 9.60. The lowest BCUT2D eigenvalue weighted by Gasteiger charge is -2.41. The van der Waals surface area contributed by atoms with E-state index in [1.165, 1.54) is 24.8 Å². The van der Waals surface area contributed by atoms with E-state index in [9.17, 15) is 5.11 Å². The van der Waals surface area contributed by atoms with Crippen molar-refractivity contribution in [2.75, 3.05) is 13.1 Å². The van der Waals surface area contributed by atoms with Crippen LogP contribution in [-0.4, -0.2) is 36.3 Å². The van der Waals surface area contributed by atoms with Crippen molar-refractivity contribution in [3.05, 3.63) is 34.3 Å². The van der Waals surface area contributed by atoms with Gasteiger partial charge in [0.15, 0.2) is 5.96 Å². The molecule has 4 nitrogen and oxygen atoms in total.